The van der Waals surface area contributed by atoms with Gasteiger partial charge in [-0.25, -0.2) is 4.79 Å². The number of amides is 2. The van der Waals surface area contributed by atoms with Crippen molar-refractivity contribution in [3.8, 4) is 0 Å². The summed E-state index contributed by atoms with van der Waals surface area (Å²) in [5, 5.41) is 21.4. The lowest BCUT2D eigenvalue weighted by atomic mass is 10.3. The first-order chi connectivity index (χ1) is 10.1. The second kappa shape index (κ2) is 6.66. The molecule has 8 nitrogen and oxygen atoms in total. The minimum atomic E-state index is -1.16. The van der Waals surface area contributed by atoms with Crippen LogP contribution >= 0.6 is 11.3 Å². The van der Waals surface area contributed by atoms with Crippen molar-refractivity contribution in [2.45, 2.75) is 6.42 Å². The van der Waals surface area contributed by atoms with Crippen LogP contribution in [0, 0.1) is 0 Å². The molecule has 2 rings (SSSR count). The molecular weight excluding hydrogens is 296 g/mol. The van der Waals surface area contributed by atoms with Crippen LogP contribution < -0.4 is 10.6 Å². The molecule has 0 unspecified atom stereocenters. The van der Waals surface area contributed by atoms with Gasteiger partial charge >= 0.3 is 5.97 Å². The Labute approximate surface area is 123 Å². The Balaban J connectivity index is 1.74. The molecule has 2 aromatic rings. The molecule has 0 atom stereocenters. The van der Waals surface area contributed by atoms with Crippen molar-refractivity contribution in [2.75, 3.05) is 11.9 Å². The highest BCUT2D eigenvalue weighted by Gasteiger charge is 2.11. The molecule has 0 bridgehead atoms. The van der Waals surface area contributed by atoms with Crippen molar-refractivity contribution in [3.63, 3.8) is 0 Å². The third kappa shape index (κ3) is 4.14. The molecule has 2 heterocycles. The van der Waals surface area contributed by atoms with E-state index in [-0.39, 0.29) is 36.3 Å². The Morgan fingerprint density at radius 1 is 1.38 bits per heavy atom. The third-order valence-corrected chi connectivity index (χ3v) is 3.33. The van der Waals surface area contributed by atoms with Crippen molar-refractivity contribution < 1.29 is 19.5 Å². The van der Waals surface area contributed by atoms with Crippen LogP contribution in [0.3, 0.4) is 0 Å². The van der Waals surface area contributed by atoms with E-state index in [0.717, 1.165) is 0 Å². The number of nitrogens with one attached hydrogen (secondary N) is 3. The standard InChI is InChI=1S/C12H12N4O4S/c17-10(14-9-6-7(12(19)20)15-16-9)3-4-13-11(18)8-2-1-5-21-8/h1-2,5-6H,3-4H2,(H,13,18)(H,19,20)(H2,14,15,16,17). The second-order valence-electron chi connectivity index (χ2n) is 4.00. The molecule has 0 radical (unpaired) electrons. The van der Waals surface area contributed by atoms with Gasteiger partial charge in [-0.05, 0) is 11.4 Å². The van der Waals surface area contributed by atoms with Gasteiger partial charge in [0.05, 0.1) is 4.88 Å². The van der Waals surface area contributed by atoms with E-state index in [4.69, 9.17) is 5.11 Å². The molecule has 0 aliphatic rings. The van der Waals surface area contributed by atoms with Gasteiger partial charge in [-0.15, -0.1) is 11.3 Å². The first kappa shape index (κ1) is 14.7. The zero-order valence-electron chi connectivity index (χ0n) is 10.8. The molecular formula is C12H12N4O4S. The van der Waals surface area contributed by atoms with Crippen LogP contribution in [0.15, 0.2) is 23.6 Å². The lowest BCUT2D eigenvalue weighted by molar-refractivity contribution is -0.116. The molecule has 0 saturated carbocycles. The van der Waals surface area contributed by atoms with Crippen molar-refractivity contribution in [1.29, 1.82) is 0 Å². The molecule has 2 aromatic heterocycles. The van der Waals surface area contributed by atoms with Crippen LogP contribution in [0.4, 0.5) is 5.82 Å². The maximum Gasteiger partial charge on any atom is 0.353 e. The SMILES string of the molecule is O=C(CCNC(=O)c1cccs1)Nc1cc(C(=O)O)[nH]n1. The molecule has 110 valence electrons. The largest absolute Gasteiger partial charge is 0.477 e. The van der Waals surface area contributed by atoms with Gasteiger partial charge in [0.2, 0.25) is 5.91 Å². The Bertz CT molecular complexity index is 650. The maximum absolute atomic E-state index is 11.6. The highest BCUT2D eigenvalue weighted by molar-refractivity contribution is 7.12. The number of carbonyl (C=O) groups is 3. The van der Waals surface area contributed by atoms with Crippen LogP contribution in [-0.4, -0.2) is 39.6 Å². The third-order valence-electron chi connectivity index (χ3n) is 2.46. The Hall–Kier alpha value is -2.68. The Kier molecular flexibility index (Phi) is 4.67. The van der Waals surface area contributed by atoms with Gasteiger partial charge in [0.25, 0.3) is 5.91 Å². The number of anilines is 1. The van der Waals surface area contributed by atoms with E-state index in [1.165, 1.54) is 17.4 Å². The van der Waals surface area contributed by atoms with Gasteiger partial charge in [-0.3, -0.25) is 14.7 Å². The van der Waals surface area contributed by atoms with E-state index in [1.54, 1.807) is 17.5 Å². The zero-order chi connectivity index (χ0) is 15.2. The Morgan fingerprint density at radius 2 is 2.19 bits per heavy atom. The molecule has 21 heavy (non-hydrogen) atoms. The molecule has 0 aromatic carbocycles. The quantitative estimate of drug-likeness (QED) is 0.632. The van der Waals surface area contributed by atoms with E-state index in [2.05, 4.69) is 20.8 Å². The molecule has 0 fully saturated rings. The average Bonchev–Trinajstić information content (AvgIpc) is 3.09. The van der Waals surface area contributed by atoms with Crippen molar-refractivity contribution >= 4 is 34.9 Å². The number of aromatic amines is 1. The van der Waals surface area contributed by atoms with E-state index in [1.807, 2.05) is 0 Å². The van der Waals surface area contributed by atoms with Gasteiger partial charge in [-0.2, -0.15) is 5.10 Å². The fourth-order valence-electron chi connectivity index (χ4n) is 1.49. The number of H-pyrrole nitrogens is 1. The van der Waals surface area contributed by atoms with Crippen LogP contribution in [0.5, 0.6) is 0 Å². The summed E-state index contributed by atoms with van der Waals surface area (Å²) in [4.78, 5) is 34.4. The van der Waals surface area contributed by atoms with Gasteiger partial charge in [0.1, 0.15) is 5.69 Å². The summed E-state index contributed by atoms with van der Waals surface area (Å²) in [7, 11) is 0. The number of thiophene rings is 1. The monoisotopic (exact) mass is 308 g/mol. The molecule has 4 N–H and O–H groups in total. The fourth-order valence-corrected chi connectivity index (χ4v) is 2.13. The fraction of sp³-hybridized carbons (Fsp3) is 0.167. The number of carboxylic acids is 1. The zero-order valence-corrected chi connectivity index (χ0v) is 11.6. The topological polar surface area (TPSA) is 124 Å². The summed E-state index contributed by atoms with van der Waals surface area (Å²) in [6, 6.07) is 4.67. The molecule has 2 amide bonds. The van der Waals surface area contributed by atoms with Crippen LogP contribution in [0.2, 0.25) is 0 Å². The summed E-state index contributed by atoms with van der Waals surface area (Å²) in [6.07, 6.45) is 0.0619. The Morgan fingerprint density at radius 3 is 2.81 bits per heavy atom. The molecule has 0 aliphatic carbocycles. The molecule has 0 saturated heterocycles. The normalized spacial score (nSPS) is 10.1. The predicted octanol–water partition coefficient (Wildman–Crippen LogP) is 0.928. The van der Waals surface area contributed by atoms with E-state index in [0.29, 0.717) is 4.88 Å². The summed E-state index contributed by atoms with van der Waals surface area (Å²) in [6.45, 7) is 0.179. The number of carbonyl (C=O) groups excluding carboxylic acids is 2. The minimum absolute atomic E-state index is 0.0619. The number of rotatable bonds is 6. The molecule has 9 heteroatoms. The smallest absolute Gasteiger partial charge is 0.353 e. The summed E-state index contributed by atoms with van der Waals surface area (Å²) in [5.74, 6) is -1.64. The molecule has 0 aliphatic heterocycles. The van der Waals surface area contributed by atoms with Crippen molar-refractivity contribution in [2.24, 2.45) is 0 Å². The second-order valence-corrected chi connectivity index (χ2v) is 4.95. The number of hydrogen-bond acceptors (Lipinski definition) is 5. The van der Waals surface area contributed by atoms with E-state index >= 15 is 0 Å². The highest BCUT2D eigenvalue weighted by atomic mass is 32.1. The van der Waals surface area contributed by atoms with Gasteiger partial charge in [-0.1, -0.05) is 6.07 Å². The van der Waals surface area contributed by atoms with Crippen LogP contribution in [0.25, 0.3) is 0 Å². The lowest BCUT2D eigenvalue weighted by Gasteiger charge is -2.03. The van der Waals surface area contributed by atoms with Gasteiger partial charge in [0, 0.05) is 19.0 Å². The van der Waals surface area contributed by atoms with E-state index < -0.39 is 5.97 Å². The van der Waals surface area contributed by atoms with Crippen LogP contribution in [-0.2, 0) is 4.79 Å². The minimum Gasteiger partial charge on any atom is -0.477 e. The summed E-state index contributed by atoms with van der Waals surface area (Å²) in [5.41, 5.74) is -0.115. The highest BCUT2D eigenvalue weighted by Crippen LogP contribution is 2.08. The maximum atomic E-state index is 11.6. The number of aromatic carboxylic acids is 1. The summed E-state index contributed by atoms with van der Waals surface area (Å²) >= 11 is 1.32. The summed E-state index contributed by atoms with van der Waals surface area (Å²) < 4.78 is 0. The average molecular weight is 308 g/mol. The van der Waals surface area contributed by atoms with Crippen molar-refractivity contribution in [3.05, 3.63) is 34.2 Å². The van der Waals surface area contributed by atoms with Crippen molar-refractivity contribution in [1.82, 2.24) is 15.5 Å². The first-order valence-electron chi connectivity index (χ1n) is 5.96. The number of carboxylic acid groups (broad SMARTS) is 1. The number of aromatic nitrogens is 2. The van der Waals surface area contributed by atoms with Gasteiger partial charge in [0.15, 0.2) is 5.82 Å². The lowest BCUT2D eigenvalue weighted by Crippen LogP contribution is -2.27. The van der Waals surface area contributed by atoms with Crippen LogP contribution in [0.1, 0.15) is 26.6 Å². The first-order valence-corrected chi connectivity index (χ1v) is 6.84. The number of nitrogens with zero attached hydrogens (tertiary/aromatic N) is 1. The van der Waals surface area contributed by atoms with E-state index in [9.17, 15) is 14.4 Å². The van der Waals surface area contributed by atoms with Gasteiger partial charge < -0.3 is 15.7 Å². The number of hydrogen-bond donors (Lipinski definition) is 4. The predicted molar refractivity (Wildman–Crippen MR) is 75.4 cm³/mol. The molecule has 0 spiro atoms.